The second-order valence-electron chi connectivity index (χ2n) is 3.09. The Hall–Kier alpha value is -2.63. The van der Waals surface area contributed by atoms with Crippen molar-refractivity contribution in [3.63, 3.8) is 0 Å². The van der Waals surface area contributed by atoms with Gasteiger partial charge in [0.25, 0.3) is 0 Å². The molecule has 0 radical (unpaired) electrons. The summed E-state index contributed by atoms with van der Waals surface area (Å²) >= 11 is 0. The molecule has 0 unspecified atom stereocenters. The zero-order chi connectivity index (χ0) is 12.1. The summed E-state index contributed by atoms with van der Waals surface area (Å²) in [5.41, 5.74) is 6.56. The Kier molecular flexibility index (Phi) is 3.15. The molecule has 0 amide bonds. The van der Waals surface area contributed by atoms with Crippen LogP contribution in [0.1, 0.15) is 0 Å². The summed E-state index contributed by atoms with van der Waals surface area (Å²) in [6.07, 6.45) is 4.58. The number of fused-ring (bicyclic) bond motifs is 1. The average Bonchev–Trinajstić information content (AvgIpc) is 2.82. The third-order valence-corrected chi connectivity index (χ3v) is 1.92. The number of nitrogens with two attached hydrogens (primary N) is 1. The van der Waals surface area contributed by atoms with Gasteiger partial charge in [-0.3, -0.25) is 0 Å². The van der Waals surface area contributed by atoms with Crippen molar-refractivity contribution in [2.45, 2.75) is 0 Å². The standard InChI is InChI=1S/C6H4N2O.C5H6N2O/c1-2-5-6(7-3-1)9-4-8-5;6-5-4(8)2-1-3-7-5/h1-4H;1-3,8H,(H2,6,7). The number of nitrogens with zero attached hydrogens (tertiary/aromatic N) is 3. The molecule has 0 aliphatic carbocycles. The van der Waals surface area contributed by atoms with Crippen LogP contribution in [0.2, 0.25) is 0 Å². The number of oxazole rings is 1. The van der Waals surface area contributed by atoms with E-state index in [1.807, 2.05) is 12.1 Å². The fourth-order valence-corrected chi connectivity index (χ4v) is 1.11. The molecule has 17 heavy (non-hydrogen) atoms. The van der Waals surface area contributed by atoms with E-state index >= 15 is 0 Å². The van der Waals surface area contributed by atoms with Crippen LogP contribution in [0.4, 0.5) is 5.82 Å². The molecule has 0 saturated heterocycles. The van der Waals surface area contributed by atoms with E-state index in [-0.39, 0.29) is 11.6 Å². The van der Waals surface area contributed by atoms with Crippen molar-refractivity contribution in [2.75, 3.05) is 5.73 Å². The van der Waals surface area contributed by atoms with Crippen LogP contribution in [0.3, 0.4) is 0 Å². The first-order valence-corrected chi connectivity index (χ1v) is 4.81. The zero-order valence-corrected chi connectivity index (χ0v) is 8.82. The van der Waals surface area contributed by atoms with Crippen LogP contribution in [0.5, 0.6) is 5.75 Å². The number of aromatic nitrogens is 3. The second-order valence-corrected chi connectivity index (χ2v) is 3.09. The van der Waals surface area contributed by atoms with Crippen LogP contribution in [0.15, 0.2) is 47.5 Å². The monoisotopic (exact) mass is 230 g/mol. The molecule has 0 aromatic carbocycles. The number of nitrogen functional groups attached to an aromatic ring is 1. The third-order valence-electron chi connectivity index (χ3n) is 1.92. The Morgan fingerprint density at radius 1 is 1.06 bits per heavy atom. The summed E-state index contributed by atoms with van der Waals surface area (Å²) in [5.74, 6) is 0.208. The lowest BCUT2D eigenvalue weighted by atomic mass is 10.4. The summed E-state index contributed by atoms with van der Waals surface area (Å²) in [7, 11) is 0. The number of hydrogen-bond donors (Lipinski definition) is 2. The van der Waals surface area contributed by atoms with Gasteiger partial charge in [0.2, 0.25) is 5.71 Å². The molecule has 3 rings (SSSR count). The normalized spacial score (nSPS) is 9.65. The van der Waals surface area contributed by atoms with Gasteiger partial charge in [-0.05, 0) is 24.3 Å². The van der Waals surface area contributed by atoms with E-state index in [9.17, 15) is 0 Å². The third kappa shape index (κ3) is 2.69. The van der Waals surface area contributed by atoms with Crippen molar-refractivity contribution in [3.8, 4) is 5.75 Å². The van der Waals surface area contributed by atoms with Crippen molar-refractivity contribution >= 4 is 17.0 Å². The van der Waals surface area contributed by atoms with E-state index in [1.54, 1.807) is 12.3 Å². The highest BCUT2D eigenvalue weighted by molar-refractivity contribution is 5.66. The Balaban J connectivity index is 0.000000128. The number of anilines is 1. The highest BCUT2D eigenvalue weighted by atomic mass is 16.3. The molecule has 3 heterocycles. The van der Waals surface area contributed by atoms with Gasteiger partial charge in [0.15, 0.2) is 18.0 Å². The van der Waals surface area contributed by atoms with E-state index < -0.39 is 0 Å². The molecular weight excluding hydrogens is 220 g/mol. The Morgan fingerprint density at radius 2 is 1.82 bits per heavy atom. The minimum Gasteiger partial charge on any atom is -0.504 e. The SMILES string of the molecule is Nc1ncccc1O.c1cnc2ocnc2c1. The molecule has 0 fully saturated rings. The summed E-state index contributed by atoms with van der Waals surface area (Å²) in [4.78, 5) is 11.4. The smallest absolute Gasteiger partial charge is 0.246 e. The predicted octanol–water partition coefficient (Wildman–Crippen LogP) is 1.59. The van der Waals surface area contributed by atoms with Gasteiger partial charge in [0, 0.05) is 12.4 Å². The lowest BCUT2D eigenvalue weighted by molar-refractivity contribution is 0.476. The van der Waals surface area contributed by atoms with Gasteiger partial charge < -0.3 is 15.3 Å². The zero-order valence-electron chi connectivity index (χ0n) is 8.82. The fourth-order valence-electron chi connectivity index (χ4n) is 1.11. The van der Waals surface area contributed by atoms with Crippen LogP contribution >= 0.6 is 0 Å². The van der Waals surface area contributed by atoms with Crippen molar-refractivity contribution < 1.29 is 9.52 Å². The Bertz CT molecular complexity index is 558. The fraction of sp³-hybridized carbons (Fsp3) is 0. The number of hydrogen-bond acceptors (Lipinski definition) is 6. The lowest BCUT2D eigenvalue weighted by Gasteiger charge is -1.91. The van der Waals surface area contributed by atoms with Gasteiger partial charge in [0.05, 0.1) is 0 Å². The summed E-state index contributed by atoms with van der Waals surface area (Å²) in [5, 5.41) is 8.73. The molecule has 6 nitrogen and oxygen atoms in total. The van der Waals surface area contributed by atoms with Crippen molar-refractivity contribution in [1.82, 2.24) is 15.0 Å². The van der Waals surface area contributed by atoms with Crippen LogP contribution in [-0.4, -0.2) is 20.1 Å². The molecule has 0 saturated carbocycles. The van der Waals surface area contributed by atoms with E-state index in [2.05, 4.69) is 15.0 Å². The highest BCUT2D eigenvalue weighted by Gasteiger charge is 1.93. The predicted molar refractivity (Wildman–Crippen MR) is 62.1 cm³/mol. The minimum atomic E-state index is 0.0347. The second kappa shape index (κ2) is 4.93. The highest BCUT2D eigenvalue weighted by Crippen LogP contribution is 2.12. The van der Waals surface area contributed by atoms with E-state index in [1.165, 1.54) is 18.7 Å². The maximum absolute atomic E-state index is 8.73. The van der Waals surface area contributed by atoms with Gasteiger partial charge in [-0.25, -0.2) is 15.0 Å². The molecule has 0 spiro atoms. The largest absolute Gasteiger partial charge is 0.504 e. The average molecular weight is 230 g/mol. The Labute approximate surface area is 96.8 Å². The molecule has 0 atom stereocenters. The first kappa shape index (κ1) is 10.9. The van der Waals surface area contributed by atoms with Gasteiger partial charge in [-0.1, -0.05) is 0 Å². The molecular formula is C11H10N4O2. The first-order chi connectivity index (χ1) is 8.27. The van der Waals surface area contributed by atoms with Crippen LogP contribution in [0.25, 0.3) is 11.2 Å². The molecule has 86 valence electrons. The van der Waals surface area contributed by atoms with Crippen LogP contribution in [-0.2, 0) is 0 Å². The van der Waals surface area contributed by atoms with Crippen molar-refractivity contribution in [3.05, 3.63) is 43.1 Å². The molecule has 0 aliphatic heterocycles. The molecule has 0 aliphatic rings. The van der Waals surface area contributed by atoms with Gasteiger partial charge in [-0.15, -0.1) is 0 Å². The minimum absolute atomic E-state index is 0.0347. The van der Waals surface area contributed by atoms with E-state index in [0.29, 0.717) is 5.71 Å². The molecule has 3 N–H and O–H groups in total. The van der Waals surface area contributed by atoms with Crippen molar-refractivity contribution in [1.29, 1.82) is 0 Å². The quantitative estimate of drug-likeness (QED) is 0.608. The van der Waals surface area contributed by atoms with E-state index in [4.69, 9.17) is 15.3 Å². The maximum Gasteiger partial charge on any atom is 0.246 e. The molecule has 6 heteroatoms. The molecule has 3 aromatic rings. The van der Waals surface area contributed by atoms with E-state index in [0.717, 1.165) is 5.52 Å². The number of pyridine rings is 2. The van der Waals surface area contributed by atoms with Gasteiger partial charge >= 0.3 is 0 Å². The summed E-state index contributed by atoms with van der Waals surface area (Å²) in [6.45, 7) is 0. The Morgan fingerprint density at radius 3 is 2.47 bits per heavy atom. The number of rotatable bonds is 0. The number of aromatic hydroxyl groups is 1. The van der Waals surface area contributed by atoms with Crippen molar-refractivity contribution in [2.24, 2.45) is 0 Å². The van der Waals surface area contributed by atoms with Crippen LogP contribution < -0.4 is 5.73 Å². The molecule has 0 bridgehead atoms. The van der Waals surface area contributed by atoms with Crippen LogP contribution in [0, 0.1) is 0 Å². The summed E-state index contributed by atoms with van der Waals surface area (Å²) < 4.78 is 4.90. The topological polar surface area (TPSA) is 98.1 Å². The van der Waals surface area contributed by atoms with Gasteiger partial charge in [-0.2, -0.15) is 0 Å². The summed E-state index contributed by atoms with van der Waals surface area (Å²) in [6, 6.07) is 6.78. The lowest BCUT2D eigenvalue weighted by Crippen LogP contribution is -1.87. The maximum atomic E-state index is 8.73. The molecule has 3 aromatic heterocycles. The first-order valence-electron chi connectivity index (χ1n) is 4.81. The van der Waals surface area contributed by atoms with Gasteiger partial charge in [0.1, 0.15) is 5.52 Å².